The van der Waals surface area contributed by atoms with Crippen LogP contribution in [0.1, 0.15) is 20.3 Å². The number of nitrogens with zero attached hydrogens (tertiary/aromatic N) is 1. The first-order valence-corrected chi connectivity index (χ1v) is 8.07. The third-order valence-electron chi connectivity index (χ3n) is 3.96. The van der Waals surface area contributed by atoms with Crippen molar-refractivity contribution in [1.82, 2.24) is 10.2 Å². The molecule has 0 unspecified atom stereocenters. The highest BCUT2D eigenvalue weighted by Gasteiger charge is 2.23. The minimum Gasteiger partial charge on any atom is -0.346 e. The average Bonchev–Trinajstić information content (AvgIpc) is 2.48. The molecule has 132 valence electrons. The number of hydrogen-bond donors (Lipinski definition) is 2. The second-order valence-electron chi connectivity index (χ2n) is 6.59. The summed E-state index contributed by atoms with van der Waals surface area (Å²) < 4.78 is 25.9. The van der Waals surface area contributed by atoms with E-state index in [-0.39, 0.29) is 24.7 Å². The molecule has 0 spiro atoms. The molecule has 1 saturated heterocycles. The Morgan fingerprint density at radius 2 is 1.79 bits per heavy atom. The number of likely N-dealkylation sites (tertiary alicyclic amines) is 1. The second-order valence-corrected chi connectivity index (χ2v) is 6.59. The number of carbonyl (C=O) groups is 2. The maximum Gasteiger partial charge on any atom is 0.243 e. The van der Waals surface area contributed by atoms with Gasteiger partial charge in [-0.15, -0.1) is 0 Å². The highest BCUT2D eigenvalue weighted by Crippen LogP contribution is 2.20. The van der Waals surface area contributed by atoms with E-state index in [2.05, 4.69) is 29.4 Å². The van der Waals surface area contributed by atoms with Crippen LogP contribution in [0.15, 0.2) is 18.2 Å². The molecular formula is C17H23F2N3O2. The summed E-state index contributed by atoms with van der Waals surface area (Å²) in [4.78, 5) is 25.8. The van der Waals surface area contributed by atoms with Gasteiger partial charge in [0.1, 0.15) is 0 Å². The number of nitrogens with one attached hydrogen (secondary N) is 2. The second kappa shape index (κ2) is 8.19. The SMILES string of the molecule is C[C@@H]1C[C@H](C)CN(CC(=O)NCC(=O)Nc2ccc(F)c(F)c2)C1. The number of piperidine rings is 1. The molecule has 1 aliphatic heterocycles. The van der Waals surface area contributed by atoms with Gasteiger partial charge in [-0.25, -0.2) is 8.78 Å². The molecule has 1 aromatic carbocycles. The predicted octanol–water partition coefficient (Wildman–Crippen LogP) is 2.00. The summed E-state index contributed by atoms with van der Waals surface area (Å²) in [5, 5.41) is 4.95. The molecule has 1 fully saturated rings. The summed E-state index contributed by atoms with van der Waals surface area (Å²) in [5.41, 5.74) is 0.145. The van der Waals surface area contributed by atoms with Crippen LogP contribution in [0, 0.1) is 23.5 Å². The first-order valence-electron chi connectivity index (χ1n) is 8.07. The smallest absolute Gasteiger partial charge is 0.243 e. The lowest BCUT2D eigenvalue weighted by Crippen LogP contribution is -2.45. The first kappa shape index (κ1) is 18.3. The number of hydrogen-bond acceptors (Lipinski definition) is 3. The van der Waals surface area contributed by atoms with Gasteiger partial charge in [0, 0.05) is 24.8 Å². The number of rotatable bonds is 5. The zero-order chi connectivity index (χ0) is 17.7. The van der Waals surface area contributed by atoms with Gasteiger partial charge in [-0.1, -0.05) is 13.8 Å². The maximum absolute atomic E-state index is 13.1. The molecule has 24 heavy (non-hydrogen) atoms. The Balaban J connectivity index is 1.74. The van der Waals surface area contributed by atoms with Crippen LogP contribution in [0.5, 0.6) is 0 Å². The number of carbonyl (C=O) groups excluding carboxylic acids is 2. The van der Waals surface area contributed by atoms with Crippen molar-refractivity contribution < 1.29 is 18.4 Å². The summed E-state index contributed by atoms with van der Waals surface area (Å²) >= 11 is 0. The van der Waals surface area contributed by atoms with E-state index < -0.39 is 17.5 Å². The van der Waals surface area contributed by atoms with Gasteiger partial charge >= 0.3 is 0 Å². The lowest BCUT2D eigenvalue weighted by Gasteiger charge is -2.34. The predicted molar refractivity (Wildman–Crippen MR) is 87.4 cm³/mol. The quantitative estimate of drug-likeness (QED) is 0.863. The van der Waals surface area contributed by atoms with Crippen molar-refractivity contribution in [2.75, 3.05) is 31.5 Å². The average molecular weight is 339 g/mol. The molecule has 7 heteroatoms. The van der Waals surface area contributed by atoms with Crippen molar-refractivity contribution in [1.29, 1.82) is 0 Å². The molecule has 2 atom stereocenters. The molecule has 1 aromatic rings. The molecule has 2 amide bonds. The van der Waals surface area contributed by atoms with E-state index in [0.29, 0.717) is 11.8 Å². The van der Waals surface area contributed by atoms with Crippen LogP contribution in [0.2, 0.25) is 0 Å². The van der Waals surface area contributed by atoms with Gasteiger partial charge < -0.3 is 10.6 Å². The largest absolute Gasteiger partial charge is 0.346 e. The van der Waals surface area contributed by atoms with Gasteiger partial charge in [0.15, 0.2) is 11.6 Å². The number of halogens is 2. The maximum atomic E-state index is 13.1. The summed E-state index contributed by atoms with van der Waals surface area (Å²) in [7, 11) is 0. The topological polar surface area (TPSA) is 61.4 Å². The molecule has 2 N–H and O–H groups in total. The lowest BCUT2D eigenvalue weighted by atomic mass is 9.92. The minimum atomic E-state index is -1.04. The molecule has 0 radical (unpaired) electrons. The van der Waals surface area contributed by atoms with Crippen LogP contribution in [0.25, 0.3) is 0 Å². The van der Waals surface area contributed by atoms with Gasteiger partial charge in [0.25, 0.3) is 0 Å². The number of benzene rings is 1. The zero-order valence-electron chi connectivity index (χ0n) is 13.9. The van der Waals surface area contributed by atoms with Crippen molar-refractivity contribution >= 4 is 17.5 Å². The van der Waals surface area contributed by atoms with Crippen LogP contribution in [-0.4, -0.2) is 42.9 Å². The molecule has 1 heterocycles. The van der Waals surface area contributed by atoms with Crippen LogP contribution < -0.4 is 10.6 Å². The van der Waals surface area contributed by atoms with E-state index in [0.717, 1.165) is 31.6 Å². The van der Waals surface area contributed by atoms with Crippen LogP contribution in [0.4, 0.5) is 14.5 Å². The molecule has 0 aliphatic carbocycles. The van der Waals surface area contributed by atoms with Gasteiger partial charge in [-0.2, -0.15) is 0 Å². The third kappa shape index (κ3) is 5.56. The van der Waals surface area contributed by atoms with Crippen LogP contribution >= 0.6 is 0 Å². The van der Waals surface area contributed by atoms with Gasteiger partial charge in [-0.3, -0.25) is 14.5 Å². The summed E-state index contributed by atoms with van der Waals surface area (Å²) in [6.45, 7) is 6.12. The Hall–Kier alpha value is -2.02. The Bertz CT molecular complexity index is 599. The van der Waals surface area contributed by atoms with E-state index in [4.69, 9.17) is 0 Å². The van der Waals surface area contributed by atoms with E-state index in [1.165, 1.54) is 6.07 Å². The summed E-state index contributed by atoms with van der Waals surface area (Å²) in [6, 6.07) is 3.09. The highest BCUT2D eigenvalue weighted by molar-refractivity contribution is 5.94. The van der Waals surface area contributed by atoms with E-state index in [9.17, 15) is 18.4 Å². The summed E-state index contributed by atoms with van der Waals surface area (Å²) in [5.74, 6) is -1.63. The molecule has 2 rings (SSSR count). The Labute approximate surface area is 140 Å². The van der Waals surface area contributed by atoms with Gasteiger partial charge in [-0.05, 0) is 30.4 Å². The lowest BCUT2D eigenvalue weighted by molar-refractivity contribution is -0.125. The van der Waals surface area contributed by atoms with Crippen molar-refractivity contribution in [3.63, 3.8) is 0 Å². The fraction of sp³-hybridized carbons (Fsp3) is 0.529. The normalized spacial score (nSPS) is 21.3. The van der Waals surface area contributed by atoms with E-state index >= 15 is 0 Å². The Kier molecular flexibility index (Phi) is 6.25. The van der Waals surface area contributed by atoms with E-state index in [1.807, 2.05) is 0 Å². The minimum absolute atomic E-state index is 0.145. The van der Waals surface area contributed by atoms with E-state index in [1.54, 1.807) is 0 Å². The molecule has 0 bridgehead atoms. The van der Waals surface area contributed by atoms with Crippen molar-refractivity contribution in [2.45, 2.75) is 20.3 Å². The van der Waals surface area contributed by atoms with Crippen LogP contribution in [-0.2, 0) is 9.59 Å². The van der Waals surface area contributed by atoms with Gasteiger partial charge in [0.2, 0.25) is 11.8 Å². The Morgan fingerprint density at radius 3 is 2.42 bits per heavy atom. The third-order valence-corrected chi connectivity index (χ3v) is 3.96. The van der Waals surface area contributed by atoms with Crippen molar-refractivity contribution in [2.24, 2.45) is 11.8 Å². The fourth-order valence-electron chi connectivity index (χ4n) is 3.14. The standard InChI is InChI=1S/C17H23F2N3O2/c1-11-5-12(2)9-22(8-11)10-17(24)20-7-16(23)21-13-3-4-14(18)15(19)6-13/h3-4,6,11-12H,5,7-10H2,1-2H3,(H,20,24)(H,21,23)/t11-,12+. The van der Waals surface area contributed by atoms with Crippen LogP contribution in [0.3, 0.4) is 0 Å². The molecule has 0 aromatic heterocycles. The molecule has 1 aliphatic rings. The summed E-state index contributed by atoms with van der Waals surface area (Å²) in [6.07, 6.45) is 1.16. The van der Waals surface area contributed by atoms with Crippen molar-refractivity contribution in [3.05, 3.63) is 29.8 Å². The monoisotopic (exact) mass is 339 g/mol. The van der Waals surface area contributed by atoms with Gasteiger partial charge in [0.05, 0.1) is 13.1 Å². The zero-order valence-corrected chi connectivity index (χ0v) is 13.9. The number of amides is 2. The molecular weight excluding hydrogens is 316 g/mol. The molecule has 0 saturated carbocycles. The van der Waals surface area contributed by atoms with Crippen molar-refractivity contribution in [3.8, 4) is 0 Å². The Morgan fingerprint density at radius 1 is 1.12 bits per heavy atom. The fourth-order valence-corrected chi connectivity index (χ4v) is 3.14. The first-order chi connectivity index (χ1) is 11.3. The number of anilines is 1. The molecule has 5 nitrogen and oxygen atoms in total. The highest BCUT2D eigenvalue weighted by atomic mass is 19.2.